The maximum atomic E-state index is 12.6. The Balaban J connectivity index is 0.000000369. The molecule has 0 aliphatic rings. The molecule has 0 aliphatic heterocycles. The van der Waals surface area contributed by atoms with Crippen LogP contribution in [0.4, 0.5) is 42.8 Å². The van der Waals surface area contributed by atoms with Gasteiger partial charge in [-0.2, -0.15) is 41.3 Å². The first-order valence-electron chi connectivity index (χ1n) is 20.1. The van der Waals surface area contributed by atoms with Crippen molar-refractivity contribution in [2.24, 2.45) is 0 Å². The number of nitro benzene ring substituents is 1. The van der Waals surface area contributed by atoms with E-state index in [9.17, 15) is 63.8 Å². The summed E-state index contributed by atoms with van der Waals surface area (Å²) in [6.45, 7) is 2.92. The maximum Gasteiger partial charge on any atom is 0.416 e. The number of ether oxygens (including phenoxy) is 4. The molecule has 34 heteroatoms. The fraction of sp³-hybridized carbons (Fsp3) is 0.268. The van der Waals surface area contributed by atoms with E-state index in [1.807, 2.05) is 0 Å². The van der Waals surface area contributed by atoms with Crippen LogP contribution in [0.1, 0.15) is 40.7 Å². The van der Waals surface area contributed by atoms with E-state index in [0.29, 0.717) is 0 Å². The van der Waals surface area contributed by atoms with Crippen LogP contribution < -0.4 is 34.3 Å². The fourth-order valence-corrected chi connectivity index (χ4v) is 7.53. The molecule has 75 heavy (non-hydrogen) atoms. The van der Waals surface area contributed by atoms with Crippen LogP contribution in [-0.2, 0) is 32.0 Å². The molecule has 0 spiro atoms. The van der Waals surface area contributed by atoms with Gasteiger partial charge in [0.2, 0.25) is 11.7 Å². The van der Waals surface area contributed by atoms with Gasteiger partial charge in [0.15, 0.2) is 5.75 Å². The highest BCUT2D eigenvalue weighted by molar-refractivity contribution is 7.90. The first kappa shape index (κ1) is 64.3. The van der Waals surface area contributed by atoms with Crippen LogP contribution >= 0.6 is 42.4 Å². The van der Waals surface area contributed by atoms with Crippen molar-refractivity contribution < 1.29 is 97.6 Å². The summed E-state index contributed by atoms with van der Waals surface area (Å²) in [7, 11) is -5.90. The molecule has 0 saturated carbocycles. The van der Waals surface area contributed by atoms with Crippen LogP contribution in [0.2, 0.25) is 15.1 Å². The number of aliphatic carboxylic acids is 1. The van der Waals surface area contributed by atoms with Crippen molar-refractivity contribution in [2.45, 2.75) is 43.9 Å². The Labute approximate surface area is 435 Å². The summed E-state index contributed by atoms with van der Waals surface area (Å²) in [4.78, 5) is 70.1. The van der Waals surface area contributed by atoms with Crippen LogP contribution in [0.3, 0.4) is 0 Å². The minimum absolute atomic E-state index is 0.0111. The van der Waals surface area contributed by atoms with Crippen LogP contribution in [0.5, 0.6) is 29.0 Å². The number of carboxylic acids is 2. The van der Waals surface area contributed by atoms with Gasteiger partial charge in [-0.1, -0.05) is 53.0 Å². The minimum Gasteiger partial charge on any atom is -0.494 e. The van der Waals surface area contributed by atoms with E-state index in [1.165, 1.54) is 69.7 Å². The maximum absolute atomic E-state index is 12.6. The molecule has 0 radical (unpaired) electrons. The van der Waals surface area contributed by atoms with E-state index in [0.717, 1.165) is 24.3 Å². The zero-order valence-corrected chi connectivity index (χ0v) is 42.7. The highest BCUT2D eigenvalue weighted by Crippen LogP contribution is 2.39. The van der Waals surface area contributed by atoms with Crippen LogP contribution in [0, 0.1) is 17.0 Å². The summed E-state index contributed by atoms with van der Waals surface area (Å²) in [6, 6.07) is 13.1. The smallest absolute Gasteiger partial charge is 0.416 e. The Hall–Kier alpha value is -6.79. The molecule has 7 N–H and O–H groups in total. The number of halogens is 9. The van der Waals surface area contributed by atoms with Crippen molar-refractivity contribution in [3.8, 4) is 29.0 Å². The summed E-state index contributed by atoms with van der Waals surface area (Å²) in [5, 5.41) is 31.9. The molecule has 5 rings (SSSR count). The summed E-state index contributed by atoms with van der Waals surface area (Å²) < 4.78 is 132. The van der Waals surface area contributed by atoms with Crippen molar-refractivity contribution in [3.63, 3.8) is 0 Å². The van der Waals surface area contributed by atoms with Gasteiger partial charge in [-0.05, 0) is 68.3 Å². The molecule has 5 aromatic rings. The number of carboxylic acid groups (broad SMARTS) is 2. The number of anilines is 1. The topological polar surface area (TPSA) is 338 Å². The van der Waals surface area contributed by atoms with Crippen molar-refractivity contribution in [1.82, 2.24) is 25.0 Å². The molecule has 0 aliphatic carbocycles. The largest absolute Gasteiger partial charge is 0.494 e. The molecule has 0 bridgehead atoms. The third-order valence-corrected chi connectivity index (χ3v) is 11.3. The second-order valence-electron chi connectivity index (χ2n) is 13.9. The number of rotatable bonds is 17. The lowest BCUT2D eigenvalue weighted by atomic mass is 10.1. The second-order valence-corrected chi connectivity index (χ2v) is 18.4. The van der Waals surface area contributed by atoms with E-state index >= 15 is 0 Å². The number of sulfonamides is 1. The van der Waals surface area contributed by atoms with Gasteiger partial charge >= 0.3 is 49.6 Å². The summed E-state index contributed by atoms with van der Waals surface area (Å²) in [6.07, 6.45) is -11.3. The molecule has 1 heterocycles. The van der Waals surface area contributed by atoms with Crippen molar-refractivity contribution >= 4 is 82.0 Å². The van der Waals surface area contributed by atoms with Gasteiger partial charge < -0.3 is 38.9 Å². The number of hydrogen-bond acceptors (Lipinski definition) is 16. The molecule has 0 atom stereocenters. The van der Waals surface area contributed by atoms with E-state index in [2.05, 4.69) is 25.6 Å². The SMILES string of the molecule is CCOc1cc(Oc2ccc(C(F)(F)F)cc2Cl)ccc1[N+](=O)[O-].COc1c(Cl)ccc(Cl)c1C(=O)O.COc1nc(C)nc(NC(=O)NS(=O)(=O)c2ccccc2CCC(F)(F)F)n1.O=C(O)CNCP(=O)(O)O. The number of nitro groups is 1. The molecule has 410 valence electrons. The van der Waals surface area contributed by atoms with Gasteiger partial charge in [-0.3, -0.25) is 30.1 Å². The molecular formula is C41H41Cl3F6N7O16PS. The standard InChI is InChI=1S/C15H11ClF3NO4.C15H16F3N5O4S.C8H6Cl2O3.C3H8NO5P/c1-2-23-14-8-10(4-5-12(14)20(21)22)24-13-6-3-9(7-11(13)16)15(17,18)19;1-9-19-12(22-14(20-9)27-2)21-13(24)23-28(25,26)11-6-4-3-5-10(11)7-8-15(16,17)18;1-13-7-5(10)3-2-4(9)6(7)8(11)12;5-3(6)1-4-2-10(7,8)9/h3-8H,2H2,1H3;3-6H,7-8H2,1-2H3,(H2,19,20,21,22,23,24);2-3H,1H3,(H,11,12);4H,1-2H2,(H,5,6)(H2,7,8,9). The molecule has 0 fully saturated rings. The lowest BCUT2D eigenvalue weighted by Gasteiger charge is -2.13. The second kappa shape index (κ2) is 28.8. The first-order valence-corrected chi connectivity index (χ1v) is 24.6. The van der Waals surface area contributed by atoms with Crippen molar-refractivity contribution in [2.75, 3.05) is 39.0 Å². The third kappa shape index (κ3) is 22.7. The highest BCUT2D eigenvalue weighted by Gasteiger charge is 2.32. The molecule has 0 saturated heterocycles. The van der Waals surface area contributed by atoms with Gasteiger partial charge in [0.1, 0.15) is 22.9 Å². The molecule has 4 aromatic carbocycles. The monoisotopic (exact) mass is 1170 g/mol. The quantitative estimate of drug-likeness (QED) is 0.0197. The molecule has 1 aromatic heterocycles. The molecular weight excluding hydrogens is 1130 g/mol. The minimum atomic E-state index is -4.52. The molecule has 2 amide bonds. The number of carbonyl (C=O) groups excluding carboxylic acids is 1. The number of amides is 2. The van der Waals surface area contributed by atoms with Crippen LogP contribution in [-0.4, -0.2) is 106 Å². The zero-order valence-electron chi connectivity index (χ0n) is 38.7. The lowest BCUT2D eigenvalue weighted by Crippen LogP contribution is -2.35. The molecule has 0 unspecified atom stereocenters. The predicted octanol–water partition coefficient (Wildman–Crippen LogP) is 9.15. The number of aromatic nitrogens is 3. The lowest BCUT2D eigenvalue weighted by molar-refractivity contribution is -0.385. The number of hydrogen-bond donors (Lipinski definition) is 7. The van der Waals surface area contributed by atoms with Crippen molar-refractivity contribution in [1.29, 1.82) is 0 Å². The predicted molar refractivity (Wildman–Crippen MR) is 255 cm³/mol. The van der Waals surface area contributed by atoms with Gasteiger partial charge in [0.25, 0.3) is 10.0 Å². The van der Waals surface area contributed by atoms with Gasteiger partial charge in [0, 0.05) is 18.6 Å². The summed E-state index contributed by atoms with van der Waals surface area (Å²) >= 11 is 17.2. The zero-order chi connectivity index (χ0) is 57.1. The number of alkyl halides is 6. The number of methoxy groups -OCH3 is 2. The Morgan fingerprint density at radius 2 is 1.49 bits per heavy atom. The first-order chi connectivity index (χ1) is 34.7. The number of nitrogens with zero attached hydrogens (tertiary/aromatic N) is 4. The Morgan fingerprint density at radius 3 is 2.01 bits per heavy atom. The van der Waals surface area contributed by atoms with Gasteiger partial charge in [-0.25, -0.2) is 22.7 Å². The number of benzene rings is 4. The summed E-state index contributed by atoms with van der Waals surface area (Å²) in [5.74, 6) is -2.15. The van der Waals surface area contributed by atoms with Gasteiger partial charge in [-0.15, -0.1) is 0 Å². The number of carbonyl (C=O) groups is 3. The number of nitrogens with one attached hydrogen (secondary N) is 3. The van der Waals surface area contributed by atoms with Crippen LogP contribution in [0.15, 0.2) is 77.7 Å². The number of urea groups is 1. The Bertz CT molecular complexity index is 2980. The Kier molecular flexibility index (Phi) is 24.7. The van der Waals surface area contributed by atoms with E-state index in [-0.39, 0.29) is 79.3 Å². The van der Waals surface area contributed by atoms with Crippen LogP contribution in [0.25, 0.3) is 0 Å². The number of aryl methyl sites for hydroxylation is 2. The average molecular weight is 1170 g/mol. The fourth-order valence-electron chi connectivity index (χ4n) is 5.26. The summed E-state index contributed by atoms with van der Waals surface area (Å²) in [5.41, 5.74) is -1.34. The normalized spacial score (nSPS) is 11.2. The van der Waals surface area contributed by atoms with Crippen molar-refractivity contribution in [3.05, 3.63) is 120 Å². The average Bonchev–Trinajstić information content (AvgIpc) is 3.28. The van der Waals surface area contributed by atoms with E-state index in [1.54, 1.807) is 11.6 Å². The van der Waals surface area contributed by atoms with E-state index < -0.39 is 89.0 Å². The van der Waals surface area contributed by atoms with E-state index in [4.69, 9.17) is 73.8 Å². The van der Waals surface area contributed by atoms with Gasteiger partial charge in [0.05, 0.1) is 64.1 Å². The number of aromatic carboxylic acids is 1. The Morgan fingerprint density at radius 1 is 0.853 bits per heavy atom. The third-order valence-electron chi connectivity index (χ3n) is 8.29. The molecule has 23 nitrogen and oxygen atoms in total. The highest BCUT2D eigenvalue weighted by atomic mass is 35.5.